The zero-order valence-electron chi connectivity index (χ0n) is 12.0. The van der Waals surface area contributed by atoms with Gasteiger partial charge in [0.2, 0.25) is 0 Å². The summed E-state index contributed by atoms with van der Waals surface area (Å²) >= 11 is 0. The van der Waals surface area contributed by atoms with E-state index in [1.807, 2.05) is 18.0 Å². The topological polar surface area (TPSA) is 21.1 Å². The third kappa shape index (κ3) is 3.98. The summed E-state index contributed by atoms with van der Waals surface area (Å²) in [6, 6.07) is 0. The summed E-state index contributed by atoms with van der Waals surface area (Å²) in [5.41, 5.74) is 0. The fourth-order valence-corrected chi connectivity index (χ4v) is 2.72. The Kier molecular flexibility index (Phi) is 4.73. The van der Waals surface area contributed by atoms with Crippen molar-refractivity contribution in [2.45, 2.75) is 39.4 Å². The normalized spacial score (nSPS) is 20.2. The van der Waals surface area contributed by atoms with E-state index < -0.39 is 12.1 Å². The maximum absolute atomic E-state index is 12.5. The minimum absolute atomic E-state index is 0.125. The van der Waals surface area contributed by atoms with Crippen molar-refractivity contribution in [2.75, 3.05) is 19.6 Å². The molecule has 0 amide bonds. The molecule has 1 saturated heterocycles. The van der Waals surface area contributed by atoms with Crippen molar-refractivity contribution in [1.82, 2.24) is 14.5 Å². The molecule has 20 heavy (non-hydrogen) atoms. The lowest BCUT2D eigenvalue weighted by Crippen LogP contribution is -2.40. The van der Waals surface area contributed by atoms with Crippen LogP contribution in [0.15, 0.2) is 12.4 Å². The third-order valence-corrected chi connectivity index (χ3v) is 4.18. The van der Waals surface area contributed by atoms with Crippen molar-refractivity contribution in [3.63, 3.8) is 0 Å². The van der Waals surface area contributed by atoms with E-state index in [0.717, 1.165) is 38.3 Å². The molecular weight excluding hydrogens is 267 g/mol. The lowest BCUT2D eigenvalue weighted by Gasteiger charge is -2.34. The van der Waals surface area contributed by atoms with Gasteiger partial charge in [0.15, 0.2) is 0 Å². The van der Waals surface area contributed by atoms with Crippen LogP contribution in [0.2, 0.25) is 0 Å². The predicted molar refractivity (Wildman–Crippen MR) is 71.3 cm³/mol. The zero-order chi connectivity index (χ0) is 14.8. The first-order valence-corrected chi connectivity index (χ1v) is 7.13. The van der Waals surface area contributed by atoms with E-state index >= 15 is 0 Å². The third-order valence-electron chi connectivity index (χ3n) is 4.18. The number of imidazole rings is 1. The molecule has 1 fully saturated rings. The van der Waals surface area contributed by atoms with Crippen LogP contribution in [-0.4, -0.2) is 40.3 Å². The molecule has 1 atom stereocenters. The van der Waals surface area contributed by atoms with Crippen LogP contribution < -0.4 is 0 Å². The molecule has 0 radical (unpaired) electrons. The quantitative estimate of drug-likeness (QED) is 0.849. The SMILES string of the molecule is Cc1nccn1CC1CCN(C[C@@H](C)C(F)(F)F)CC1. The van der Waals surface area contributed by atoms with Crippen molar-refractivity contribution in [2.24, 2.45) is 11.8 Å². The van der Waals surface area contributed by atoms with Gasteiger partial charge in [-0.05, 0) is 38.8 Å². The summed E-state index contributed by atoms with van der Waals surface area (Å²) in [5.74, 6) is 0.299. The van der Waals surface area contributed by atoms with Crippen LogP contribution in [-0.2, 0) is 6.54 Å². The van der Waals surface area contributed by atoms with Gasteiger partial charge in [-0.3, -0.25) is 0 Å². The average molecular weight is 289 g/mol. The van der Waals surface area contributed by atoms with Crippen LogP contribution in [0.25, 0.3) is 0 Å². The fourth-order valence-electron chi connectivity index (χ4n) is 2.72. The molecule has 0 aliphatic carbocycles. The van der Waals surface area contributed by atoms with E-state index in [-0.39, 0.29) is 6.54 Å². The molecule has 2 heterocycles. The van der Waals surface area contributed by atoms with Crippen LogP contribution in [0, 0.1) is 18.8 Å². The number of halogens is 3. The van der Waals surface area contributed by atoms with Gasteiger partial charge in [-0.1, -0.05) is 6.92 Å². The van der Waals surface area contributed by atoms with Gasteiger partial charge >= 0.3 is 6.18 Å². The van der Waals surface area contributed by atoms with Gasteiger partial charge in [0.25, 0.3) is 0 Å². The Morgan fingerprint density at radius 3 is 2.50 bits per heavy atom. The molecule has 0 aromatic carbocycles. The van der Waals surface area contributed by atoms with Crippen molar-refractivity contribution >= 4 is 0 Å². The highest BCUT2D eigenvalue weighted by molar-refractivity contribution is 4.89. The lowest BCUT2D eigenvalue weighted by atomic mass is 9.96. The summed E-state index contributed by atoms with van der Waals surface area (Å²) in [6.45, 7) is 5.81. The molecule has 0 spiro atoms. The van der Waals surface area contributed by atoms with Crippen LogP contribution in [0.4, 0.5) is 13.2 Å². The van der Waals surface area contributed by atoms with Gasteiger partial charge in [-0.25, -0.2) is 4.98 Å². The van der Waals surface area contributed by atoms with Crippen LogP contribution in [0.1, 0.15) is 25.6 Å². The molecule has 6 heteroatoms. The van der Waals surface area contributed by atoms with E-state index in [1.165, 1.54) is 6.92 Å². The Balaban J connectivity index is 1.77. The minimum Gasteiger partial charge on any atom is -0.335 e. The van der Waals surface area contributed by atoms with E-state index in [9.17, 15) is 13.2 Å². The molecule has 0 unspecified atom stereocenters. The standard InChI is InChI=1S/C14H22F3N3/c1-11(14(15,16)17)9-19-6-3-13(4-7-19)10-20-8-5-18-12(20)2/h5,8,11,13H,3-4,6-7,9-10H2,1-2H3/t11-/m1/s1. The van der Waals surface area contributed by atoms with Crippen LogP contribution in [0.3, 0.4) is 0 Å². The summed E-state index contributed by atoms with van der Waals surface area (Å²) in [7, 11) is 0. The Labute approximate surface area is 117 Å². The smallest absolute Gasteiger partial charge is 0.335 e. The summed E-state index contributed by atoms with van der Waals surface area (Å²) in [6.07, 6.45) is 1.60. The molecule has 1 aliphatic rings. The number of alkyl halides is 3. The summed E-state index contributed by atoms with van der Waals surface area (Å²) in [4.78, 5) is 6.13. The number of hydrogen-bond donors (Lipinski definition) is 0. The van der Waals surface area contributed by atoms with Gasteiger partial charge in [-0.15, -0.1) is 0 Å². The second kappa shape index (κ2) is 6.16. The van der Waals surface area contributed by atoms with Crippen molar-refractivity contribution in [3.05, 3.63) is 18.2 Å². The molecule has 1 aromatic heterocycles. The second-order valence-corrected chi connectivity index (χ2v) is 5.81. The first-order chi connectivity index (χ1) is 9.36. The summed E-state index contributed by atoms with van der Waals surface area (Å²) < 4.78 is 39.7. The lowest BCUT2D eigenvalue weighted by molar-refractivity contribution is -0.174. The Morgan fingerprint density at radius 2 is 2.00 bits per heavy atom. The van der Waals surface area contributed by atoms with Crippen molar-refractivity contribution < 1.29 is 13.2 Å². The molecule has 3 nitrogen and oxygen atoms in total. The van der Waals surface area contributed by atoms with Gasteiger partial charge in [0.1, 0.15) is 5.82 Å². The Bertz CT molecular complexity index is 420. The number of nitrogens with zero attached hydrogens (tertiary/aromatic N) is 3. The number of likely N-dealkylation sites (tertiary alicyclic amines) is 1. The van der Waals surface area contributed by atoms with Gasteiger partial charge in [0, 0.05) is 25.5 Å². The van der Waals surface area contributed by atoms with Crippen LogP contribution >= 0.6 is 0 Å². The molecule has 2 rings (SSSR count). The van der Waals surface area contributed by atoms with Gasteiger partial charge < -0.3 is 9.47 Å². The molecule has 0 N–H and O–H groups in total. The van der Waals surface area contributed by atoms with Crippen molar-refractivity contribution in [3.8, 4) is 0 Å². The fraction of sp³-hybridized carbons (Fsp3) is 0.786. The number of hydrogen-bond acceptors (Lipinski definition) is 2. The highest BCUT2D eigenvalue weighted by Gasteiger charge is 2.37. The average Bonchev–Trinajstić information content (AvgIpc) is 2.76. The maximum atomic E-state index is 12.5. The number of piperidine rings is 1. The number of rotatable bonds is 4. The van der Waals surface area contributed by atoms with E-state index in [4.69, 9.17) is 0 Å². The number of aryl methyl sites for hydroxylation is 1. The predicted octanol–water partition coefficient (Wildman–Crippen LogP) is 3.10. The van der Waals surface area contributed by atoms with E-state index in [0.29, 0.717) is 5.92 Å². The van der Waals surface area contributed by atoms with E-state index in [1.54, 1.807) is 6.20 Å². The Hall–Kier alpha value is -1.04. The molecule has 0 saturated carbocycles. The highest BCUT2D eigenvalue weighted by atomic mass is 19.4. The second-order valence-electron chi connectivity index (χ2n) is 5.81. The number of aromatic nitrogens is 2. The van der Waals surface area contributed by atoms with Gasteiger partial charge in [-0.2, -0.15) is 13.2 Å². The van der Waals surface area contributed by atoms with Gasteiger partial charge in [0.05, 0.1) is 5.92 Å². The molecule has 1 aromatic rings. The maximum Gasteiger partial charge on any atom is 0.392 e. The highest BCUT2D eigenvalue weighted by Crippen LogP contribution is 2.28. The molecular formula is C14H22F3N3. The van der Waals surface area contributed by atoms with E-state index in [2.05, 4.69) is 9.55 Å². The zero-order valence-corrected chi connectivity index (χ0v) is 12.0. The molecule has 114 valence electrons. The molecule has 1 aliphatic heterocycles. The largest absolute Gasteiger partial charge is 0.392 e. The van der Waals surface area contributed by atoms with Crippen LogP contribution in [0.5, 0.6) is 0 Å². The molecule has 0 bridgehead atoms. The first kappa shape index (κ1) is 15.4. The minimum atomic E-state index is -4.08. The summed E-state index contributed by atoms with van der Waals surface area (Å²) in [5, 5.41) is 0. The van der Waals surface area contributed by atoms with Crippen molar-refractivity contribution in [1.29, 1.82) is 0 Å². The first-order valence-electron chi connectivity index (χ1n) is 7.13. The monoisotopic (exact) mass is 289 g/mol. The Morgan fingerprint density at radius 1 is 1.35 bits per heavy atom.